The highest BCUT2D eigenvalue weighted by molar-refractivity contribution is 9.34. The van der Waals surface area contributed by atoms with Gasteiger partial charge in [0.1, 0.15) is 0 Å². The average Bonchev–Trinajstić information content (AvgIpc) is 1.36. The fourth-order valence-corrected chi connectivity index (χ4v) is 0.250. The van der Waals surface area contributed by atoms with Crippen LogP contribution in [0.3, 0.4) is 0 Å². The summed E-state index contributed by atoms with van der Waals surface area (Å²) in [6.07, 6.45) is 6.00. The maximum Gasteiger partial charge on any atom is -0.0533 e. The second-order valence-electron chi connectivity index (χ2n) is 1.41. The van der Waals surface area contributed by atoms with E-state index in [-0.39, 0.29) is 0 Å². The minimum Gasteiger partial charge on any atom is -0.0679 e. The number of halogens is 1. The van der Waals surface area contributed by atoms with Gasteiger partial charge in [-0.15, -0.1) is 0 Å². The normalized spacial score (nSPS) is 17.0. The summed E-state index contributed by atoms with van der Waals surface area (Å²) in [6, 6.07) is 0. The third kappa shape index (κ3) is 3.11. The molecule has 2 heteroatoms. The van der Waals surface area contributed by atoms with Crippen molar-refractivity contribution in [2.24, 2.45) is 0 Å². The van der Waals surface area contributed by atoms with Crippen LogP contribution in [-0.4, -0.2) is 0 Å². The van der Waals surface area contributed by atoms with E-state index in [1.54, 1.807) is 0 Å². The van der Waals surface area contributed by atoms with Crippen molar-refractivity contribution in [1.82, 2.24) is 0 Å². The zero-order valence-corrected chi connectivity index (χ0v) is 6.52. The monoisotopic (exact) mass is 168 g/mol. The van der Waals surface area contributed by atoms with Crippen molar-refractivity contribution in [1.29, 1.82) is 0 Å². The fourth-order valence-electron chi connectivity index (χ4n) is 0.250. The molecule has 1 fully saturated rings. The van der Waals surface area contributed by atoms with E-state index in [0.29, 0.717) is 0 Å². The van der Waals surface area contributed by atoms with Crippen LogP contribution in [0.2, 0.25) is 0 Å². The molecule has 1 aliphatic rings. The van der Waals surface area contributed by atoms with E-state index >= 15 is 0 Å². The van der Waals surface area contributed by atoms with E-state index in [9.17, 15) is 0 Å². The summed E-state index contributed by atoms with van der Waals surface area (Å²) < 4.78 is 0. The van der Waals surface area contributed by atoms with Gasteiger partial charge in [-0.3, -0.25) is 0 Å². The SMILES string of the molecule is C1CCC1.PBr. The maximum atomic E-state index is 2.85. The van der Waals surface area contributed by atoms with Gasteiger partial charge in [-0.05, 0) is 0 Å². The lowest BCUT2D eigenvalue weighted by Crippen LogP contribution is -1.85. The van der Waals surface area contributed by atoms with Crippen LogP contribution in [0.5, 0.6) is 0 Å². The van der Waals surface area contributed by atoms with Gasteiger partial charge in [-0.25, -0.2) is 0 Å². The molecule has 0 saturated heterocycles. The zero-order valence-electron chi connectivity index (χ0n) is 3.78. The third-order valence-electron chi connectivity index (χ3n) is 1.000. The molecule has 1 atom stereocenters. The average molecular weight is 169 g/mol. The Morgan fingerprint density at radius 2 is 1.00 bits per heavy atom. The number of rotatable bonds is 0. The quantitative estimate of drug-likeness (QED) is 0.489. The van der Waals surface area contributed by atoms with Gasteiger partial charge >= 0.3 is 0 Å². The van der Waals surface area contributed by atoms with Crippen LogP contribution in [-0.2, 0) is 0 Å². The Bertz CT molecular complexity index is 15.5. The van der Waals surface area contributed by atoms with Gasteiger partial charge in [-0.2, -0.15) is 0 Å². The molecule has 0 aliphatic heterocycles. The van der Waals surface area contributed by atoms with Gasteiger partial charge < -0.3 is 0 Å². The molecule has 1 rings (SSSR count). The summed E-state index contributed by atoms with van der Waals surface area (Å²) in [5.74, 6) is 0. The highest BCUT2D eigenvalue weighted by atomic mass is 79.9. The Labute approximate surface area is 49.6 Å². The molecule has 6 heavy (non-hydrogen) atoms. The minimum absolute atomic E-state index is 1.50. The molecule has 38 valence electrons. The minimum atomic E-state index is 1.50. The van der Waals surface area contributed by atoms with Crippen molar-refractivity contribution in [3.63, 3.8) is 0 Å². The van der Waals surface area contributed by atoms with Crippen molar-refractivity contribution in [3.8, 4) is 0 Å². The smallest absolute Gasteiger partial charge is 0.0533 e. The van der Waals surface area contributed by atoms with Crippen LogP contribution in [0, 0.1) is 0 Å². The summed E-state index contributed by atoms with van der Waals surface area (Å²) >= 11 is 2.85. The standard InChI is InChI=1S/C4H8.BrH2P/c1-2-4-3-1;1-2/h1-4H2;2H2. The molecule has 1 aliphatic carbocycles. The highest BCUT2D eigenvalue weighted by Gasteiger charge is 1.95. The van der Waals surface area contributed by atoms with E-state index in [0.717, 1.165) is 0 Å². The van der Waals surface area contributed by atoms with Gasteiger partial charge in [0.05, 0.1) is 0 Å². The molecule has 0 amide bonds. The van der Waals surface area contributed by atoms with Crippen LogP contribution in [0.1, 0.15) is 25.7 Å². The first-order valence-corrected chi connectivity index (χ1v) is 5.40. The summed E-state index contributed by atoms with van der Waals surface area (Å²) in [7, 11) is 2.23. The predicted molar refractivity (Wildman–Crippen MR) is 37.1 cm³/mol. The van der Waals surface area contributed by atoms with E-state index in [2.05, 4.69) is 23.4 Å². The van der Waals surface area contributed by atoms with E-state index in [1.807, 2.05) is 0 Å². The topological polar surface area (TPSA) is 0 Å². The summed E-state index contributed by atoms with van der Waals surface area (Å²) in [5, 5.41) is 0. The molecular formula is C4H10BrP. The molecule has 0 radical (unpaired) electrons. The lowest BCUT2D eigenvalue weighted by molar-refractivity contribution is 0.504. The van der Waals surface area contributed by atoms with Gasteiger partial charge in [0.2, 0.25) is 0 Å². The second-order valence-corrected chi connectivity index (χ2v) is 1.41. The van der Waals surface area contributed by atoms with Crippen molar-refractivity contribution >= 4 is 23.4 Å². The van der Waals surface area contributed by atoms with Crippen molar-refractivity contribution in [2.75, 3.05) is 0 Å². The Morgan fingerprint density at radius 1 is 0.833 bits per heavy atom. The van der Waals surface area contributed by atoms with Crippen molar-refractivity contribution in [3.05, 3.63) is 0 Å². The van der Waals surface area contributed by atoms with E-state index in [4.69, 9.17) is 0 Å². The van der Waals surface area contributed by atoms with Crippen LogP contribution in [0.4, 0.5) is 0 Å². The fraction of sp³-hybridized carbons (Fsp3) is 1.00. The molecule has 0 aromatic carbocycles. The first-order valence-electron chi connectivity index (χ1n) is 2.22. The predicted octanol–water partition coefficient (Wildman–Crippen LogP) is 2.73. The van der Waals surface area contributed by atoms with Gasteiger partial charge in [0.15, 0.2) is 0 Å². The van der Waals surface area contributed by atoms with Crippen molar-refractivity contribution in [2.45, 2.75) is 25.7 Å². The molecule has 0 spiro atoms. The highest BCUT2D eigenvalue weighted by Crippen LogP contribution is 2.15. The van der Waals surface area contributed by atoms with E-state index < -0.39 is 0 Å². The molecule has 0 aromatic rings. The number of hydrogen-bond acceptors (Lipinski definition) is 0. The molecular weight excluding hydrogens is 159 g/mol. The molecule has 0 nitrogen and oxygen atoms in total. The van der Waals surface area contributed by atoms with E-state index in [1.165, 1.54) is 25.7 Å². The van der Waals surface area contributed by atoms with Gasteiger partial charge in [-0.1, -0.05) is 49.1 Å². The molecule has 0 aromatic heterocycles. The number of hydrogen-bond donors (Lipinski definition) is 0. The van der Waals surface area contributed by atoms with Crippen LogP contribution >= 0.6 is 23.4 Å². The van der Waals surface area contributed by atoms with Crippen LogP contribution in [0.25, 0.3) is 0 Å². The van der Waals surface area contributed by atoms with Crippen LogP contribution in [0.15, 0.2) is 0 Å². The van der Waals surface area contributed by atoms with Gasteiger partial charge in [0, 0.05) is 0 Å². The molecule has 0 heterocycles. The summed E-state index contributed by atoms with van der Waals surface area (Å²) in [6.45, 7) is 0. The first-order chi connectivity index (χ1) is 3.00. The molecule has 1 unspecified atom stereocenters. The first kappa shape index (κ1) is 6.91. The van der Waals surface area contributed by atoms with Crippen LogP contribution < -0.4 is 0 Å². The zero-order chi connectivity index (χ0) is 4.83. The summed E-state index contributed by atoms with van der Waals surface area (Å²) in [4.78, 5) is 0. The Kier molecular flexibility index (Phi) is 6.81. The molecule has 0 bridgehead atoms. The Morgan fingerprint density at radius 3 is 1.00 bits per heavy atom. The maximum absolute atomic E-state index is 2.85. The lowest BCUT2D eigenvalue weighted by atomic mass is 10.0. The third-order valence-corrected chi connectivity index (χ3v) is 1.000. The Balaban J connectivity index is 0.000000112. The molecule has 0 N–H and O–H groups in total. The summed E-state index contributed by atoms with van der Waals surface area (Å²) in [5.41, 5.74) is 0. The largest absolute Gasteiger partial charge is 0.0679 e. The second kappa shape index (κ2) is 5.91. The molecule has 1 saturated carbocycles. The Hall–Kier alpha value is 0.910. The van der Waals surface area contributed by atoms with Crippen molar-refractivity contribution < 1.29 is 0 Å². The lowest BCUT2D eigenvalue weighted by Gasteiger charge is -2.05. The van der Waals surface area contributed by atoms with Gasteiger partial charge in [0.25, 0.3) is 0 Å².